The van der Waals surface area contributed by atoms with E-state index in [0.29, 0.717) is 12.8 Å². The molecule has 1 aliphatic carbocycles. The van der Waals surface area contributed by atoms with Gasteiger partial charge in [-0.25, -0.2) is 0 Å². The van der Waals surface area contributed by atoms with Gasteiger partial charge in [-0.05, 0) is 45.1 Å². The predicted molar refractivity (Wildman–Crippen MR) is 67.1 cm³/mol. The van der Waals surface area contributed by atoms with Crippen LogP contribution in [-0.4, -0.2) is 36.1 Å². The van der Waals surface area contributed by atoms with E-state index >= 15 is 0 Å². The summed E-state index contributed by atoms with van der Waals surface area (Å²) in [6, 6.07) is 0.176. The molecule has 0 aromatic rings. The molecule has 1 saturated heterocycles. The second-order valence-corrected chi connectivity index (χ2v) is 5.44. The van der Waals surface area contributed by atoms with Crippen LogP contribution in [0.4, 0.5) is 0 Å². The summed E-state index contributed by atoms with van der Waals surface area (Å²) in [5.74, 6) is -0.678. The fourth-order valence-corrected chi connectivity index (χ4v) is 2.88. The zero-order chi connectivity index (χ0) is 13.0. The number of nitrogens with one attached hydrogen (secondary N) is 2. The molecule has 0 radical (unpaired) electrons. The zero-order valence-electron chi connectivity index (χ0n) is 10.7. The number of carbonyl (C=O) groups excluding carboxylic acids is 1. The molecule has 18 heavy (non-hydrogen) atoms. The molecule has 0 spiro atoms. The largest absolute Gasteiger partial charge is 0.481 e. The van der Waals surface area contributed by atoms with Gasteiger partial charge in [0, 0.05) is 12.6 Å². The van der Waals surface area contributed by atoms with Gasteiger partial charge < -0.3 is 15.7 Å². The van der Waals surface area contributed by atoms with Crippen molar-refractivity contribution in [3.8, 4) is 0 Å². The maximum absolute atomic E-state index is 12.0. The van der Waals surface area contributed by atoms with Gasteiger partial charge in [0.25, 0.3) is 0 Å². The number of rotatable bonds is 3. The van der Waals surface area contributed by atoms with E-state index in [-0.39, 0.29) is 23.8 Å². The summed E-state index contributed by atoms with van der Waals surface area (Å²) in [7, 11) is 0. The van der Waals surface area contributed by atoms with Crippen LogP contribution in [0.3, 0.4) is 0 Å². The fourth-order valence-electron chi connectivity index (χ4n) is 2.88. The summed E-state index contributed by atoms with van der Waals surface area (Å²) in [5, 5.41) is 15.2. The van der Waals surface area contributed by atoms with Crippen LogP contribution in [0, 0.1) is 11.8 Å². The average molecular weight is 254 g/mol. The highest BCUT2D eigenvalue weighted by atomic mass is 16.4. The second-order valence-electron chi connectivity index (χ2n) is 5.44. The molecule has 1 heterocycles. The van der Waals surface area contributed by atoms with Gasteiger partial charge in [-0.1, -0.05) is 0 Å². The first-order valence-corrected chi connectivity index (χ1v) is 6.90. The van der Waals surface area contributed by atoms with E-state index in [9.17, 15) is 9.59 Å². The number of hydrogen-bond acceptors (Lipinski definition) is 3. The van der Waals surface area contributed by atoms with Crippen molar-refractivity contribution in [3.63, 3.8) is 0 Å². The molecule has 1 saturated carbocycles. The van der Waals surface area contributed by atoms with Gasteiger partial charge in [-0.3, -0.25) is 9.59 Å². The quantitative estimate of drug-likeness (QED) is 0.694. The third kappa shape index (κ3) is 3.45. The lowest BCUT2D eigenvalue weighted by molar-refractivity contribution is -0.142. The van der Waals surface area contributed by atoms with Crippen LogP contribution < -0.4 is 10.6 Å². The first-order chi connectivity index (χ1) is 8.66. The van der Waals surface area contributed by atoms with Gasteiger partial charge >= 0.3 is 5.97 Å². The Bertz CT molecular complexity index is 305. The highest BCUT2D eigenvalue weighted by Crippen LogP contribution is 2.24. The minimum absolute atomic E-state index is 0.0935. The minimum atomic E-state index is -0.698. The highest BCUT2D eigenvalue weighted by molar-refractivity contribution is 5.79. The van der Waals surface area contributed by atoms with Crippen LogP contribution in [0.25, 0.3) is 0 Å². The Labute approximate surface area is 107 Å². The fraction of sp³-hybridized carbons (Fsp3) is 0.846. The van der Waals surface area contributed by atoms with E-state index < -0.39 is 5.97 Å². The van der Waals surface area contributed by atoms with E-state index in [0.717, 1.165) is 38.8 Å². The number of piperidine rings is 1. The van der Waals surface area contributed by atoms with Crippen LogP contribution in [0.1, 0.15) is 38.5 Å². The van der Waals surface area contributed by atoms with Crippen LogP contribution >= 0.6 is 0 Å². The summed E-state index contributed by atoms with van der Waals surface area (Å²) in [6.07, 6.45) is 4.98. The van der Waals surface area contributed by atoms with E-state index in [1.807, 2.05) is 0 Å². The van der Waals surface area contributed by atoms with Crippen molar-refractivity contribution < 1.29 is 14.7 Å². The summed E-state index contributed by atoms with van der Waals surface area (Å²) >= 11 is 0. The van der Waals surface area contributed by atoms with Crippen molar-refractivity contribution in [3.05, 3.63) is 0 Å². The molecule has 0 aromatic carbocycles. The van der Waals surface area contributed by atoms with Crippen molar-refractivity contribution in [2.45, 2.75) is 44.6 Å². The second kappa shape index (κ2) is 6.18. The molecule has 0 bridgehead atoms. The normalized spacial score (nSPS) is 32.8. The smallest absolute Gasteiger partial charge is 0.306 e. The van der Waals surface area contributed by atoms with Crippen LogP contribution in [0.15, 0.2) is 0 Å². The molecule has 102 valence electrons. The molecule has 5 nitrogen and oxygen atoms in total. The average Bonchev–Trinajstić information content (AvgIpc) is 2.40. The molecule has 2 fully saturated rings. The first-order valence-electron chi connectivity index (χ1n) is 6.90. The van der Waals surface area contributed by atoms with Crippen LogP contribution in [0.5, 0.6) is 0 Å². The van der Waals surface area contributed by atoms with Crippen molar-refractivity contribution >= 4 is 11.9 Å². The number of carboxylic acid groups (broad SMARTS) is 1. The number of amides is 1. The molecule has 3 N–H and O–H groups in total. The maximum atomic E-state index is 12.0. The Kier molecular flexibility index (Phi) is 4.58. The van der Waals surface area contributed by atoms with Gasteiger partial charge in [0.2, 0.25) is 5.91 Å². The molecule has 1 aliphatic heterocycles. The summed E-state index contributed by atoms with van der Waals surface area (Å²) in [5.41, 5.74) is 0. The van der Waals surface area contributed by atoms with Crippen LogP contribution in [-0.2, 0) is 9.59 Å². The summed E-state index contributed by atoms with van der Waals surface area (Å²) in [4.78, 5) is 22.8. The Morgan fingerprint density at radius 3 is 2.33 bits per heavy atom. The van der Waals surface area contributed by atoms with Gasteiger partial charge in [0.05, 0.1) is 11.8 Å². The lowest BCUT2D eigenvalue weighted by atomic mass is 9.85. The number of carboxylic acids is 1. The number of carbonyl (C=O) groups is 2. The molecular weight excluding hydrogens is 232 g/mol. The number of hydrogen-bond donors (Lipinski definition) is 3. The molecule has 2 rings (SSSR count). The monoisotopic (exact) mass is 254 g/mol. The van der Waals surface area contributed by atoms with E-state index in [1.165, 1.54) is 0 Å². The minimum Gasteiger partial charge on any atom is -0.481 e. The predicted octanol–water partition coefficient (Wildman–Crippen LogP) is 0.746. The van der Waals surface area contributed by atoms with Gasteiger partial charge in [-0.15, -0.1) is 0 Å². The molecule has 0 unspecified atom stereocenters. The summed E-state index contributed by atoms with van der Waals surface area (Å²) in [6.45, 7) is 1.78. The third-order valence-corrected chi connectivity index (χ3v) is 4.09. The van der Waals surface area contributed by atoms with E-state index in [2.05, 4.69) is 10.6 Å². The Morgan fingerprint density at radius 1 is 1.06 bits per heavy atom. The van der Waals surface area contributed by atoms with Gasteiger partial charge in [0.1, 0.15) is 0 Å². The molecule has 0 aromatic heterocycles. The first kappa shape index (κ1) is 13.3. The molecule has 5 heteroatoms. The highest BCUT2D eigenvalue weighted by Gasteiger charge is 2.28. The van der Waals surface area contributed by atoms with Crippen molar-refractivity contribution in [2.75, 3.05) is 13.1 Å². The molecular formula is C13H22N2O3. The van der Waals surface area contributed by atoms with Gasteiger partial charge in [-0.2, -0.15) is 0 Å². The lowest BCUT2D eigenvalue weighted by Crippen LogP contribution is -2.45. The summed E-state index contributed by atoms with van der Waals surface area (Å²) < 4.78 is 0. The van der Waals surface area contributed by atoms with Gasteiger partial charge in [0.15, 0.2) is 0 Å². The molecule has 1 amide bonds. The van der Waals surface area contributed by atoms with Crippen molar-refractivity contribution in [1.82, 2.24) is 10.6 Å². The maximum Gasteiger partial charge on any atom is 0.306 e. The molecule has 2 aliphatic rings. The van der Waals surface area contributed by atoms with E-state index in [4.69, 9.17) is 5.11 Å². The SMILES string of the molecule is O=C(O)C1CCC(NC(=O)[C@H]2CCCNC2)CC1. The topological polar surface area (TPSA) is 78.4 Å². The Hall–Kier alpha value is -1.10. The van der Waals surface area contributed by atoms with Crippen LogP contribution in [0.2, 0.25) is 0 Å². The Morgan fingerprint density at radius 2 is 1.78 bits per heavy atom. The number of aliphatic carboxylic acids is 1. The van der Waals surface area contributed by atoms with Crippen molar-refractivity contribution in [2.24, 2.45) is 11.8 Å². The molecule has 1 atom stereocenters. The zero-order valence-corrected chi connectivity index (χ0v) is 10.7. The standard InChI is InChI=1S/C13H22N2O3/c16-12(10-2-1-7-14-8-10)15-11-5-3-9(4-6-11)13(17)18/h9-11,14H,1-8H2,(H,15,16)(H,17,18)/t9?,10-,11?/m0/s1. The third-order valence-electron chi connectivity index (χ3n) is 4.09. The lowest BCUT2D eigenvalue weighted by Gasteiger charge is -2.29. The Balaban J connectivity index is 1.73. The van der Waals surface area contributed by atoms with Crippen molar-refractivity contribution in [1.29, 1.82) is 0 Å². The van der Waals surface area contributed by atoms with E-state index in [1.54, 1.807) is 0 Å².